The highest BCUT2D eigenvalue weighted by Gasteiger charge is 2.28. The molecule has 2 heterocycles. The van der Waals surface area contributed by atoms with Crippen LogP contribution in [0.4, 0.5) is 5.69 Å². The van der Waals surface area contributed by atoms with Crippen LogP contribution in [-0.4, -0.2) is 35.0 Å². The zero-order valence-corrected chi connectivity index (χ0v) is 17.8. The summed E-state index contributed by atoms with van der Waals surface area (Å²) in [6, 6.07) is 10.4. The molecule has 0 spiro atoms. The number of halogens is 1. The quantitative estimate of drug-likeness (QED) is 0.493. The second-order valence-electron chi connectivity index (χ2n) is 6.44. The number of hydrogen-bond acceptors (Lipinski definition) is 6. The van der Waals surface area contributed by atoms with Crippen molar-refractivity contribution in [3.05, 3.63) is 51.7 Å². The molecule has 4 N–H and O–H groups in total. The Bertz CT molecular complexity index is 846. The first-order valence-electron chi connectivity index (χ1n) is 8.99. The van der Waals surface area contributed by atoms with Crippen LogP contribution < -0.4 is 21.3 Å². The molecule has 3 amide bonds. The molecule has 0 bridgehead atoms. The number of nitrogens with one attached hydrogen (secondary N) is 4. The maximum atomic E-state index is 12.2. The SMILES string of the molecule is O=C(CC1CC(=O)NC(SCC(=O)Nc2ccc(Cl)cc2)N1)NCc1cccs1. The lowest BCUT2D eigenvalue weighted by Gasteiger charge is -2.30. The van der Waals surface area contributed by atoms with Crippen LogP contribution in [0.25, 0.3) is 0 Å². The largest absolute Gasteiger partial charge is 0.351 e. The highest BCUT2D eigenvalue weighted by atomic mass is 35.5. The lowest BCUT2D eigenvalue weighted by atomic mass is 10.1. The molecular weight excluding hydrogens is 432 g/mol. The van der Waals surface area contributed by atoms with Crippen molar-refractivity contribution in [2.24, 2.45) is 0 Å². The van der Waals surface area contributed by atoms with Gasteiger partial charge in [0.2, 0.25) is 17.7 Å². The molecule has 0 radical (unpaired) electrons. The van der Waals surface area contributed by atoms with Gasteiger partial charge in [0, 0.05) is 34.5 Å². The van der Waals surface area contributed by atoms with E-state index in [0.29, 0.717) is 17.3 Å². The Morgan fingerprint density at radius 3 is 2.72 bits per heavy atom. The standard InChI is InChI=1S/C19H21ClN4O3S2/c20-12-3-5-13(6-4-12)22-18(27)11-29-19-23-14(9-17(26)24-19)8-16(25)21-10-15-2-1-7-28-15/h1-7,14,19,23H,8-11H2,(H,21,25)(H,22,27)(H,24,26). The molecule has 154 valence electrons. The van der Waals surface area contributed by atoms with Crippen LogP contribution in [0, 0.1) is 0 Å². The summed E-state index contributed by atoms with van der Waals surface area (Å²) in [7, 11) is 0. The van der Waals surface area contributed by atoms with E-state index < -0.39 is 5.50 Å². The van der Waals surface area contributed by atoms with Crippen molar-refractivity contribution in [1.82, 2.24) is 16.0 Å². The average Bonchev–Trinajstić information content (AvgIpc) is 3.20. The topological polar surface area (TPSA) is 99.3 Å². The van der Waals surface area contributed by atoms with Crippen LogP contribution in [0.2, 0.25) is 5.02 Å². The van der Waals surface area contributed by atoms with Crippen molar-refractivity contribution in [3.8, 4) is 0 Å². The van der Waals surface area contributed by atoms with E-state index in [9.17, 15) is 14.4 Å². The average molecular weight is 453 g/mol. The molecule has 1 aromatic carbocycles. The molecule has 1 fully saturated rings. The van der Waals surface area contributed by atoms with E-state index in [2.05, 4.69) is 21.3 Å². The second-order valence-corrected chi connectivity index (χ2v) is 9.00. The molecule has 2 atom stereocenters. The molecule has 1 saturated heterocycles. The number of rotatable bonds is 8. The van der Waals surface area contributed by atoms with E-state index in [1.54, 1.807) is 35.6 Å². The van der Waals surface area contributed by atoms with Gasteiger partial charge in [-0.3, -0.25) is 19.7 Å². The van der Waals surface area contributed by atoms with Crippen LogP contribution in [0.1, 0.15) is 17.7 Å². The smallest absolute Gasteiger partial charge is 0.234 e. The van der Waals surface area contributed by atoms with Gasteiger partial charge in [-0.05, 0) is 35.7 Å². The van der Waals surface area contributed by atoms with Crippen LogP contribution in [-0.2, 0) is 20.9 Å². The molecule has 2 unspecified atom stereocenters. The van der Waals surface area contributed by atoms with Gasteiger partial charge in [-0.25, -0.2) is 0 Å². The van der Waals surface area contributed by atoms with E-state index in [0.717, 1.165) is 4.88 Å². The number of anilines is 1. The minimum Gasteiger partial charge on any atom is -0.351 e. The minimum atomic E-state index is -0.428. The highest BCUT2D eigenvalue weighted by Crippen LogP contribution is 2.17. The fourth-order valence-electron chi connectivity index (χ4n) is 2.75. The monoisotopic (exact) mass is 452 g/mol. The molecule has 7 nitrogen and oxygen atoms in total. The van der Waals surface area contributed by atoms with E-state index in [1.807, 2.05) is 17.5 Å². The summed E-state index contributed by atoms with van der Waals surface area (Å²) in [6.45, 7) is 0.485. The third-order valence-corrected chi connectivity index (χ3v) is 6.24. The third kappa shape index (κ3) is 7.36. The molecule has 2 aromatic rings. The van der Waals surface area contributed by atoms with Crippen molar-refractivity contribution in [3.63, 3.8) is 0 Å². The summed E-state index contributed by atoms with van der Waals surface area (Å²) in [5.41, 5.74) is 0.225. The fraction of sp³-hybridized carbons (Fsp3) is 0.316. The maximum absolute atomic E-state index is 12.2. The number of hydrogen-bond donors (Lipinski definition) is 4. The summed E-state index contributed by atoms with van der Waals surface area (Å²) in [5, 5.41) is 14.2. The second kappa shape index (κ2) is 10.6. The Morgan fingerprint density at radius 2 is 2.00 bits per heavy atom. The molecule has 29 heavy (non-hydrogen) atoms. The zero-order valence-electron chi connectivity index (χ0n) is 15.4. The lowest BCUT2D eigenvalue weighted by Crippen LogP contribution is -2.56. The van der Waals surface area contributed by atoms with Crippen LogP contribution in [0.3, 0.4) is 0 Å². The highest BCUT2D eigenvalue weighted by molar-refractivity contribution is 8.00. The number of benzene rings is 1. The van der Waals surface area contributed by atoms with Gasteiger partial charge >= 0.3 is 0 Å². The summed E-state index contributed by atoms with van der Waals surface area (Å²) in [5.74, 6) is -0.299. The number of carbonyl (C=O) groups excluding carboxylic acids is 3. The van der Waals surface area contributed by atoms with Crippen molar-refractivity contribution < 1.29 is 14.4 Å². The molecule has 1 aliphatic heterocycles. The summed E-state index contributed by atoms with van der Waals surface area (Å²) < 4.78 is 0. The number of thioether (sulfide) groups is 1. The normalized spacial score (nSPS) is 18.7. The van der Waals surface area contributed by atoms with Crippen LogP contribution >= 0.6 is 34.7 Å². The van der Waals surface area contributed by atoms with Gasteiger partial charge in [-0.15, -0.1) is 23.1 Å². The molecule has 10 heteroatoms. The zero-order chi connectivity index (χ0) is 20.6. The molecule has 0 aliphatic carbocycles. The number of thiophene rings is 1. The van der Waals surface area contributed by atoms with Gasteiger partial charge in [0.15, 0.2) is 0 Å². The molecular formula is C19H21ClN4O3S2. The summed E-state index contributed by atoms with van der Waals surface area (Å²) in [6.07, 6.45) is 0.424. The predicted octanol–water partition coefficient (Wildman–Crippen LogP) is 2.54. The van der Waals surface area contributed by atoms with Crippen molar-refractivity contribution in [2.45, 2.75) is 30.9 Å². The first-order valence-corrected chi connectivity index (χ1v) is 11.3. The van der Waals surface area contributed by atoms with Gasteiger partial charge in [0.25, 0.3) is 0 Å². The van der Waals surface area contributed by atoms with Crippen LogP contribution in [0.5, 0.6) is 0 Å². The van der Waals surface area contributed by atoms with Crippen molar-refractivity contribution >= 4 is 58.1 Å². The fourth-order valence-corrected chi connectivity index (χ4v) is 4.41. The minimum absolute atomic E-state index is 0.116. The Balaban J connectivity index is 1.41. The molecule has 3 rings (SSSR count). The lowest BCUT2D eigenvalue weighted by molar-refractivity contribution is -0.125. The van der Waals surface area contributed by atoms with E-state index >= 15 is 0 Å². The van der Waals surface area contributed by atoms with Gasteiger partial charge in [-0.2, -0.15) is 0 Å². The third-order valence-electron chi connectivity index (χ3n) is 4.09. The first-order chi connectivity index (χ1) is 14.0. The maximum Gasteiger partial charge on any atom is 0.234 e. The molecule has 0 saturated carbocycles. The van der Waals surface area contributed by atoms with E-state index in [-0.39, 0.29) is 42.4 Å². The number of amides is 3. The van der Waals surface area contributed by atoms with Gasteiger partial charge in [0.05, 0.1) is 12.3 Å². The Kier molecular flexibility index (Phi) is 7.93. The van der Waals surface area contributed by atoms with Gasteiger partial charge < -0.3 is 16.0 Å². The van der Waals surface area contributed by atoms with Crippen molar-refractivity contribution in [1.29, 1.82) is 0 Å². The number of carbonyl (C=O) groups is 3. The van der Waals surface area contributed by atoms with E-state index in [4.69, 9.17) is 11.6 Å². The Hall–Kier alpha value is -2.07. The first kappa shape index (κ1) is 21.6. The van der Waals surface area contributed by atoms with Gasteiger partial charge in [-0.1, -0.05) is 17.7 Å². The Morgan fingerprint density at radius 1 is 1.21 bits per heavy atom. The Labute approximate surface area is 182 Å². The molecule has 1 aromatic heterocycles. The summed E-state index contributed by atoms with van der Waals surface area (Å²) >= 11 is 8.67. The molecule has 1 aliphatic rings. The van der Waals surface area contributed by atoms with Crippen LogP contribution in [0.15, 0.2) is 41.8 Å². The van der Waals surface area contributed by atoms with Gasteiger partial charge in [0.1, 0.15) is 5.50 Å². The summed E-state index contributed by atoms with van der Waals surface area (Å²) in [4.78, 5) is 37.3. The predicted molar refractivity (Wildman–Crippen MR) is 117 cm³/mol. The van der Waals surface area contributed by atoms with E-state index in [1.165, 1.54) is 11.8 Å². The van der Waals surface area contributed by atoms with Crippen molar-refractivity contribution in [2.75, 3.05) is 11.1 Å².